The molecular weight excluding hydrogens is 386 g/mol. The molecule has 0 atom stereocenters. The number of hydrogen-bond donors (Lipinski definition) is 0. The monoisotopic (exact) mass is 427 g/mol. The van der Waals surface area contributed by atoms with E-state index in [1.807, 2.05) is 0 Å². The Bertz CT molecular complexity index is 256. The first-order valence-corrected chi connectivity index (χ1v) is 9.66. The Labute approximate surface area is 166 Å². The van der Waals surface area contributed by atoms with Crippen molar-refractivity contribution in [2.75, 3.05) is 80.5 Å². The van der Waals surface area contributed by atoms with Crippen LogP contribution in [0.15, 0.2) is 0 Å². The van der Waals surface area contributed by atoms with Gasteiger partial charge in [0.05, 0.1) is 66.9 Å². The third-order valence-corrected chi connectivity index (χ3v) is 4.13. The van der Waals surface area contributed by atoms with Gasteiger partial charge < -0.3 is 40.4 Å². The molecule has 25 heavy (non-hydrogen) atoms. The van der Waals surface area contributed by atoms with Crippen molar-refractivity contribution in [1.29, 1.82) is 0 Å². The summed E-state index contributed by atoms with van der Waals surface area (Å²) in [6.45, 7) is 9.17. The third kappa shape index (κ3) is 22.2. The maximum atomic E-state index is 5.67. The van der Waals surface area contributed by atoms with Crippen LogP contribution in [0.1, 0.15) is 45.4 Å². The Morgan fingerprint density at radius 3 is 1.64 bits per heavy atom. The predicted octanol–water partition coefficient (Wildman–Crippen LogP) is 0.124. The lowest BCUT2D eigenvalue weighted by molar-refractivity contribution is -0.891. The maximum absolute atomic E-state index is 5.67. The molecule has 5 nitrogen and oxygen atoms in total. The van der Waals surface area contributed by atoms with Crippen LogP contribution >= 0.6 is 0 Å². The zero-order valence-electron chi connectivity index (χ0n) is 17.1. The van der Waals surface area contributed by atoms with Crippen molar-refractivity contribution in [2.45, 2.75) is 45.4 Å². The molecular formula is C19H42BrNO4. The summed E-state index contributed by atoms with van der Waals surface area (Å²) < 4.78 is 22.4. The van der Waals surface area contributed by atoms with E-state index >= 15 is 0 Å². The smallest absolute Gasteiger partial charge is 0.102 e. The fourth-order valence-corrected chi connectivity index (χ4v) is 2.43. The van der Waals surface area contributed by atoms with E-state index in [9.17, 15) is 0 Å². The highest BCUT2D eigenvalue weighted by atomic mass is 79.9. The second-order valence-corrected chi connectivity index (χ2v) is 6.98. The number of halogens is 1. The summed E-state index contributed by atoms with van der Waals surface area (Å²) in [4.78, 5) is 0. The van der Waals surface area contributed by atoms with E-state index in [4.69, 9.17) is 18.9 Å². The highest BCUT2D eigenvalue weighted by Gasteiger charge is 2.13. The summed E-state index contributed by atoms with van der Waals surface area (Å²) >= 11 is 0. The highest BCUT2D eigenvalue weighted by molar-refractivity contribution is 4.44. The molecule has 0 aromatic heterocycles. The normalized spacial score (nSPS) is 11.5. The molecule has 0 radical (unpaired) electrons. The number of methoxy groups -OCH3 is 1. The first-order chi connectivity index (χ1) is 11.6. The van der Waals surface area contributed by atoms with Gasteiger partial charge in [-0.25, -0.2) is 0 Å². The van der Waals surface area contributed by atoms with E-state index in [1.165, 1.54) is 45.1 Å². The molecule has 0 saturated carbocycles. The third-order valence-electron chi connectivity index (χ3n) is 4.13. The van der Waals surface area contributed by atoms with E-state index in [0.29, 0.717) is 39.6 Å². The van der Waals surface area contributed by atoms with E-state index in [1.54, 1.807) is 7.11 Å². The molecule has 0 aromatic rings. The predicted molar refractivity (Wildman–Crippen MR) is 99.6 cm³/mol. The van der Waals surface area contributed by atoms with Crippen molar-refractivity contribution in [3.05, 3.63) is 0 Å². The van der Waals surface area contributed by atoms with Gasteiger partial charge in [0.2, 0.25) is 0 Å². The Hall–Kier alpha value is 0.280. The molecule has 0 amide bonds. The van der Waals surface area contributed by atoms with Crippen LogP contribution in [0.25, 0.3) is 0 Å². The van der Waals surface area contributed by atoms with E-state index in [0.717, 1.165) is 17.6 Å². The average molecular weight is 428 g/mol. The van der Waals surface area contributed by atoms with Crippen molar-refractivity contribution in [3.8, 4) is 0 Å². The van der Waals surface area contributed by atoms with Crippen molar-refractivity contribution in [1.82, 2.24) is 0 Å². The van der Waals surface area contributed by atoms with Crippen molar-refractivity contribution in [3.63, 3.8) is 0 Å². The number of quaternary nitrogens is 1. The number of hydrogen-bond acceptors (Lipinski definition) is 4. The second-order valence-electron chi connectivity index (χ2n) is 6.98. The van der Waals surface area contributed by atoms with Crippen molar-refractivity contribution >= 4 is 0 Å². The molecule has 0 aliphatic rings. The standard InChI is InChI=1S/C19H42NO4.BrH/c1-5-6-7-8-9-10-11-20(2,3)12-13-22-16-17-24-19-18-23-15-14-21-4;/h5-19H2,1-4H3;1H/q+1;/p-1. The minimum absolute atomic E-state index is 0. The lowest BCUT2D eigenvalue weighted by Gasteiger charge is -2.29. The molecule has 0 spiro atoms. The molecule has 154 valence electrons. The number of ether oxygens (including phenoxy) is 4. The van der Waals surface area contributed by atoms with Crippen molar-refractivity contribution < 1.29 is 40.4 Å². The number of nitrogens with zero attached hydrogens (tertiary/aromatic N) is 1. The molecule has 0 aliphatic heterocycles. The van der Waals surface area contributed by atoms with Gasteiger partial charge in [0.1, 0.15) is 6.54 Å². The topological polar surface area (TPSA) is 36.9 Å². The van der Waals surface area contributed by atoms with Crippen molar-refractivity contribution in [2.24, 2.45) is 0 Å². The van der Waals surface area contributed by atoms with Gasteiger partial charge in [-0.05, 0) is 12.8 Å². The Morgan fingerprint density at radius 2 is 1.08 bits per heavy atom. The van der Waals surface area contributed by atoms with Gasteiger partial charge in [-0.1, -0.05) is 32.6 Å². The summed E-state index contributed by atoms with van der Waals surface area (Å²) in [6, 6.07) is 0. The Balaban J connectivity index is 0. The molecule has 0 aromatic carbocycles. The van der Waals surface area contributed by atoms with Gasteiger partial charge >= 0.3 is 0 Å². The largest absolute Gasteiger partial charge is 1.00 e. The van der Waals surface area contributed by atoms with Crippen LogP contribution in [0.4, 0.5) is 0 Å². The minimum Gasteiger partial charge on any atom is -1.00 e. The molecule has 0 heterocycles. The van der Waals surface area contributed by atoms with Crippen LogP contribution in [0.3, 0.4) is 0 Å². The van der Waals surface area contributed by atoms with Gasteiger partial charge in [-0.3, -0.25) is 0 Å². The number of unbranched alkanes of at least 4 members (excludes halogenated alkanes) is 5. The minimum atomic E-state index is 0. The summed E-state index contributed by atoms with van der Waals surface area (Å²) in [5.74, 6) is 0. The Morgan fingerprint density at radius 1 is 0.600 bits per heavy atom. The quantitative estimate of drug-likeness (QED) is 0.217. The van der Waals surface area contributed by atoms with Crippen LogP contribution in [-0.2, 0) is 18.9 Å². The molecule has 0 saturated heterocycles. The fourth-order valence-electron chi connectivity index (χ4n) is 2.43. The lowest BCUT2D eigenvalue weighted by atomic mass is 10.1. The zero-order chi connectivity index (χ0) is 17.9. The van der Waals surface area contributed by atoms with Gasteiger partial charge in [-0.15, -0.1) is 0 Å². The number of rotatable bonds is 19. The molecule has 6 heteroatoms. The van der Waals surface area contributed by atoms with E-state index < -0.39 is 0 Å². The molecule has 0 fully saturated rings. The van der Waals surface area contributed by atoms with Crippen LogP contribution in [0, 0.1) is 0 Å². The lowest BCUT2D eigenvalue weighted by Crippen LogP contribution is -3.00. The molecule has 0 bridgehead atoms. The van der Waals surface area contributed by atoms with Crippen LogP contribution in [-0.4, -0.2) is 85.0 Å². The average Bonchev–Trinajstić information content (AvgIpc) is 2.56. The Kier molecular flexibility index (Phi) is 22.6. The SMILES string of the molecule is CCCCCCCC[N+](C)(C)CCOCCOCCOCCOC.[Br-]. The van der Waals surface area contributed by atoms with Gasteiger partial charge in [0, 0.05) is 7.11 Å². The van der Waals surface area contributed by atoms with Crippen LogP contribution < -0.4 is 17.0 Å². The highest BCUT2D eigenvalue weighted by Crippen LogP contribution is 2.08. The van der Waals surface area contributed by atoms with E-state index in [-0.39, 0.29) is 17.0 Å². The van der Waals surface area contributed by atoms with Gasteiger partial charge in [0.15, 0.2) is 0 Å². The first-order valence-electron chi connectivity index (χ1n) is 9.66. The zero-order valence-corrected chi connectivity index (χ0v) is 18.7. The van der Waals surface area contributed by atoms with Crippen LogP contribution in [0.2, 0.25) is 0 Å². The second kappa shape index (κ2) is 20.6. The molecule has 0 unspecified atom stereocenters. The number of likely N-dealkylation sites (N-methyl/N-ethyl adjacent to an activating group) is 1. The van der Waals surface area contributed by atoms with E-state index in [2.05, 4.69) is 21.0 Å². The summed E-state index contributed by atoms with van der Waals surface area (Å²) in [5.41, 5.74) is 0. The molecule has 0 N–H and O–H groups in total. The first kappa shape index (κ1) is 27.5. The summed E-state index contributed by atoms with van der Waals surface area (Å²) in [5, 5.41) is 0. The van der Waals surface area contributed by atoms with Gasteiger partial charge in [0.25, 0.3) is 0 Å². The summed E-state index contributed by atoms with van der Waals surface area (Å²) in [6.07, 6.45) is 8.17. The van der Waals surface area contributed by atoms with Gasteiger partial charge in [-0.2, -0.15) is 0 Å². The summed E-state index contributed by atoms with van der Waals surface area (Å²) in [7, 11) is 6.26. The van der Waals surface area contributed by atoms with Crippen LogP contribution in [0.5, 0.6) is 0 Å². The maximum Gasteiger partial charge on any atom is 0.102 e. The molecule has 0 aliphatic carbocycles. The fraction of sp³-hybridized carbons (Fsp3) is 1.00. The molecule has 0 rings (SSSR count).